The minimum Gasteiger partial charge on any atom is -0.312 e. The van der Waals surface area contributed by atoms with Gasteiger partial charge in [0.25, 0.3) is 0 Å². The van der Waals surface area contributed by atoms with Crippen LogP contribution in [0.2, 0.25) is 0 Å². The van der Waals surface area contributed by atoms with E-state index in [0.29, 0.717) is 12.0 Å². The largest absolute Gasteiger partial charge is 0.312 e. The standard InChI is InChI=1S/C16H21NO2/c1-3-4-7-16(19)17-10-5-6-13-8-9-14(12(2)18)11-15(13)17/h8-9,11H,3-7,10H2,1-2H3. The quantitative estimate of drug-likeness (QED) is 0.777. The minimum absolute atomic E-state index is 0.0503. The van der Waals surface area contributed by atoms with Crippen molar-refractivity contribution in [2.75, 3.05) is 11.4 Å². The molecule has 0 spiro atoms. The highest BCUT2D eigenvalue weighted by Gasteiger charge is 2.22. The zero-order valence-electron chi connectivity index (χ0n) is 11.7. The van der Waals surface area contributed by atoms with Crippen molar-refractivity contribution in [3.63, 3.8) is 0 Å². The average Bonchev–Trinajstić information content (AvgIpc) is 2.43. The second-order valence-electron chi connectivity index (χ2n) is 5.15. The fourth-order valence-electron chi connectivity index (χ4n) is 2.52. The number of hydrogen-bond donors (Lipinski definition) is 0. The highest BCUT2D eigenvalue weighted by molar-refractivity contribution is 5.99. The lowest BCUT2D eigenvalue weighted by Gasteiger charge is -2.30. The van der Waals surface area contributed by atoms with E-state index in [-0.39, 0.29) is 11.7 Å². The lowest BCUT2D eigenvalue weighted by atomic mass is 9.98. The Kier molecular flexibility index (Phi) is 4.35. The van der Waals surface area contributed by atoms with Gasteiger partial charge >= 0.3 is 0 Å². The molecule has 0 aromatic heterocycles. The second kappa shape index (κ2) is 6.00. The molecule has 0 unspecified atom stereocenters. The molecule has 3 nitrogen and oxygen atoms in total. The van der Waals surface area contributed by atoms with Gasteiger partial charge in [0.05, 0.1) is 0 Å². The molecule has 1 aliphatic rings. The molecule has 0 bridgehead atoms. The van der Waals surface area contributed by atoms with E-state index in [2.05, 4.69) is 6.92 Å². The van der Waals surface area contributed by atoms with Crippen molar-refractivity contribution in [1.29, 1.82) is 0 Å². The summed E-state index contributed by atoms with van der Waals surface area (Å²) in [5.74, 6) is 0.234. The molecule has 102 valence electrons. The number of carbonyl (C=O) groups excluding carboxylic acids is 2. The van der Waals surface area contributed by atoms with Crippen molar-refractivity contribution in [1.82, 2.24) is 0 Å². The van der Waals surface area contributed by atoms with Crippen LogP contribution in [0, 0.1) is 0 Å². The molecule has 0 radical (unpaired) electrons. The maximum Gasteiger partial charge on any atom is 0.226 e. The van der Waals surface area contributed by atoms with Gasteiger partial charge in [-0.05, 0) is 37.8 Å². The van der Waals surface area contributed by atoms with Crippen LogP contribution in [-0.2, 0) is 11.2 Å². The van der Waals surface area contributed by atoms with Gasteiger partial charge in [0.2, 0.25) is 5.91 Å². The fourth-order valence-corrected chi connectivity index (χ4v) is 2.52. The third-order valence-electron chi connectivity index (χ3n) is 3.66. The summed E-state index contributed by atoms with van der Waals surface area (Å²) in [6, 6.07) is 5.73. The van der Waals surface area contributed by atoms with Crippen molar-refractivity contribution in [2.45, 2.75) is 46.0 Å². The van der Waals surface area contributed by atoms with Crippen LogP contribution in [0.1, 0.15) is 55.5 Å². The molecule has 1 aromatic carbocycles. The number of amides is 1. The van der Waals surface area contributed by atoms with E-state index in [1.165, 1.54) is 5.56 Å². The zero-order valence-corrected chi connectivity index (χ0v) is 11.7. The van der Waals surface area contributed by atoms with E-state index >= 15 is 0 Å². The number of unbranched alkanes of at least 4 members (excludes halogenated alkanes) is 1. The van der Waals surface area contributed by atoms with Gasteiger partial charge in [-0.1, -0.05) is 25.5 Å². The van der Waals surface area contributed by atoms with Crippen molar-refractivity contribution in [2.24, 2.45) is 0 Å². The van der Waals surface area contributed by atoms with E-state index in [1.807, 2.05) is 23.1 Å². The Bertz CT molecular complexity index is 494. The summed E-state index contributed by atoms with van der Waals surface area (Å²) >= 11 is 0. The van der Waals surface area contributed by atoms with Gasteiger partial charge in [0.15, 0.2) is 5.78 Å². The van der Waals surface area contributed by atoms with Crippen LogP contribution in [0.5, 0.6) is 0 Å². The number of fused-ring (bicyclic) bond motifs is 1. The Labute approximate surface area is 114 Å². The Morgan fingerprint density at radius 1 is 1.32 bits per heavy atom. The number of anilines is 1. The van der Waals surface area contributed by atoms with Gasteiger partial charge in [0.1, 0.15) is 0 Å². The van der Waals surface area contributed by atoms with Crippen LogP contribution in [0.4, 0.5) is 5.69 Å². The van der Waals surface area contributed by atoms with Crippen molar-refractivity contribution < 1.29 is 9.59 Å². The minimum atomic E-state index is 0.0503. The first-order valence-corrected chi connectivity index (χ1v) is 7.07. The summed E-state index contributed by atoms with van der Waals surface area (Å²) in [6.07, 6.45) is 4.55. The Morgan fingerprint density at radius 2 is 2.11 bits per heavy atom. The highest BCUT2D eigenvalue weighted by Crippen LogP contribution is 2.29. The first-order chi connectivity index (χ1) is 9.13. The Hall–Kier alpha value is -1.64. The van der Waals surface area contributed by atoms with Crippen molar-refractivity contribution in [3.8, 4) is 0 Å². The van der Waals surface area contributed by atoms with Crippen LogP contribution in [-0.4, -0.2) is 18.2 Å². The summed E-state index contributed by atoms with van der Waals surface area (Å²) in [6.45, 7) is 4.43. The predicted molar refractivity (Wildman–Crippen MR) is 76.6 cm³/mol. The number of aryl methyl sites for hydroxylation is 1. The third kappa shape index (κ3) is 3.03. The van der Waals surface area contributed by atoms with Crippen molar-refractivity contribution in [3.05, 3.63) is 29.3 Å². The van der Waals surface area contributed by atoms with Crippen LogP contribution in [0.25, 0.3) is 0 Å². The molecule has 1 amide bonds. The number of hydrogen-bond acceptors (Lipinski definition) is 2. The van der Waals surface area contributed by atoms with Crippen LogP contribution < -0.4 is 4.90 Å². The first-order valence-electron chi connectivity index (χ1n) is 7.07. The number of benzene rings is 1. The number of carbonyl (C=O) groups is 2. The third-order valence-corrected chi connectivity index (χ3v) is 3.66. The highest BCUT2D eigenvalue weighted by atomic mass is 16.2. The maximum absolute atomic E-state index is 12.2. The summed E-state index contributed by atoms with van der Waals surface area (Å²) < 4.78 is 0. The van der Waals surface area contributed by atoms with E-state index in [9.17, 15) is 9.59 Å². The molecule has 19 heavy (non-hydrogen) atoms. The Morgan fingerprint density at radius 3 is 2.79 bits per heavy atom. The summed E-state index contributed by atoms with van der Waals surface area (Å²) in [7, 11) is 0. The molecule has 0 fully saturated rings. The number of nitrogens with zero attached hydrogens (tertiary/aromatic N) is 1. The zero-order chi connectivity index (χ0) is 13.8. The van der Waals surface area contributed by atoms with Crippen LogP contribution in [0.15, 0.2) is 18.2 Å². The molecule has 0 saturated heterocycles. The van der Waals surface area contributed by atoms with E-state index < -0.39 is 0 Å². The lowest BCUT2D eigenvalue weighted by molar-refractivity contribution is -0.118. The summed E-state index contributed by atoms with van der Waals surface area (Å²) in [5.41, 5.74) is 2.81. The molecule has 0 saturated carbocycles. The Balaban J connectivity index is 2.28. The van der Waals surface area contributed by atoms with Gasteiger partial charge < -0.3 is 4.90 Å². The smallest absolute Gasteiger partial charge is 0.226 e. The molecule has 1 aromatic rings. The van der Waals surface area contributed by atoms with Crippen molar-refractivity contribution >= 4 is 17.4 Å². The molecule has 1 aliphatic heterocycles. The van der Waals surface area contributed by atoms with Gasteiger partial charge in [0, 0.05) is 24.2 Å². The normalized spacial score (nSPS) is 14.1. The molecular weight excluding hydrogens is 238 g/mol. The van der Waals surface area contributed by atoms with Crippen LogP contribution >= 0.6 is 0 Å². The molecule has 0 N–H and O–H groups in total. The predicted octanol–water partition coefficient (Wildman–Crippen LogP) is 3.36. The molecule has 3 heteroatoms. The summed E-state index contributed by atoms with van der Waals surface area (Å²) in [5, 5.41) is 0. The monoisotopic (exact) mass is 259 g/mol. The number of ketones is 1. The lowest BCUT2D eigenvalue weighted by Crippen LogP contribution is -2.35. The summed E-state index contributed by atoms with van der Waals surface area (Å²) in [4.78, 5) is 25.6. The van der Waals surface area contributed by atoms with E-state index in [0.717, 1.165) is 37.9 Å². The topological polar surface area (TPSA) is 37.4 Å². The van der Waals surface area contributed by atoms with Gasteiger partial charge in [-0.2, -0.15) is 0 Å². The molecule has 0 atom stereocenters. The fraction of sp³-hybridized carbons (Fsp3) is 0.500. The van der Waals surface area contributed by atoms with E-state index in [1.54, 1.807) is 6.92 Å². The molecule has 1 heterocycles. The van der Waals surface area contributed by atoms with Crippen LogP contribution in [0.3, 0.4) is 0 Å². The molecule has 0 aliphatic carbocycles. The number of Topliss-reactive ketones (excluding diaryl/α,β-unsaturated/α-hetero) is 1. The molecule has 2 rings (SSSR count). The van der Waals surface area contributed by atoms with Gasteiger partial charge in [-0.3, -0.25) is 9.59 Å². The molecular formula is C16H21NO2. The average molecular weight is 259 g/mol. The second-order valence-corrected chi connectivity index (χ2v) is 5.15. The number of rotatable bonds is 4. The first kappa shape index (κ1) is 13.8. The maximum atomic E-state index is 12.2. The van der Waals surface area contributed by atoms with Gasteiger partial charge in [-0.15, -0.1) is 0 Å². The van der Waals surface area contributed by atoms with E-state index in [4.69, 9.17) is 0 Å². The van der Waals surface area contributed by atoms with Gasteiger partial charge in [-0.25, -0.2) is 0 Å². The SMILES string of the molecule is CCCCC(=O)N1CCCc2ccc(C(C)=O)cc21.